The molecule has 0 fully saturated rings. The molecule has 0 aliphatic carbocycles. The SMILES string of the molecule is CCn1c(SCC(=O)OCC(=O)NCc2ccc3c(c2)OCO3)nnc1-c1cccs1. The van der Waals surface area contributed by atoms with Crippen molar-refractivity contribution in [3.05, 3.63) is 41.3 Å². The monoisotopic (exact) mass is 460 g/mol. The van der Waals surface area contributed by atoms with E-state index >= 15 is 0 Å². The van der Waals surface area contributed by atoms with E-state index in [4.69, 9.17) is 14.2 Å². The quantitative estimate of drug-likeness (QED) is 0.384. The summed E-state index contributed by atoms with van der Waals surface area (Å²) >= 11 is 2.81. The third-order valence-corrected chi connectivity index (χ3v) is 6.19. The molecule has 0 saturated heterocycles. The summed E-state index contributed by atoms with van der Waals surface area (Å²) in [6, 6.07) is 9.37. The molecule has 1 aromatic carbocycles. The molecule has 1 amide bonds. The van der Waals surface area contributed by atoms with E-state index in [2.05, 4.69) is 15.5 Å². The van der Waals surface area contributed by atoms with Gasteiger partial charge in [0.1, 0.15) is 0 Å². The number of nitrogens with zero attached hydrogens (tertiary/aromatic N) is 3. The number of hydrogen-bond donors (Lipinski definition) is 1. The number of benzene rings is 1. The molecule has 162 valence electrons. The van der Waals surface area contributed by atoms with E-state index in [1.165, 1.54) is 11.8 Å². The zero-order valence-corrected chi connectivity index (χ0v) is 18.3. The molecule has 9 nitrogen and oxygen atoms in total. The Balaban J connectivity index is 1.21. The van der Waals surface area contributed by atoms with E-state index in [0.717, 1.165) is 16.3 Å². The molecule has 2 aromatic heterocycles. The summed E-state index contributed by atoms with van der Waals surface area (Å²) in [7, 11) is 0. The molecular weight excluding hydrogens is 440 g/mol. The number of thioether (sulfide) groups is 1. The van der Waals surface area contributed by atoms with Crippen LogP contribution in [0.15, 0.2) is 40.9 Å². The Morgan fingerprint density at radius 1 is 1.26 bits per heavy atom. The molecule has 0 unspecified atom stereocenters. The van der Waals surface area contributed by atoms with Gasteiger partial charge in [-0.3, -0.25) is 9.59 Å². The van der Waals surface area contributed by atoms with E-state index in [-0.39, 0.29) is 25.1 Å². The van der Waals surface area contributed by atoms with Gasteiger partial charge in [0.15, 0.2) is 29.1 Å². The Labute approximate surface area is 186 Å². The van der Waals surface area contributed by atoms with Crippen LogP contribution in [0.2, 0.25) is 0 Å². The smallest absolute Gasteiger partial charge is 0.316 e. The van der Waals surface area contributed by atoms with Crippen molar-refractivity contribution in [1.29, 1.82) is 0 Å². The average Bonchev–Trinajstić information content (AvgIpc) is 3.54. The van der Waals surface area contributed by atoms with Crippen LogP contribution in [0.3, 0.4) is 0 Å². The minimum absolute atomic E-state index is 0.0397. The highest BCUT2D eigenvalue weighted by molar-refractivity contribution is 7.99. The summed E-state index contributed by atoms with van der Waals surface area (Å²) in [6.45, 7) is 2.83. The molecule has 11 heteroatoms. The molecule has 0 bridgehead atoms. The number of rotatable bonds is 9. The zero-order chi connectivity index (χ0) is 21.6. The van der Waals surface area contributed by atoms with Crippen molar-refractivity contribution < 1.29 is 23.8 Å². The summed E-state index contributed by atoms with van der Waals surface area (Å²) in [5.41, 5.74) is 0.861. The van der Waals surface area contributed by atoms with Crippen LogP contribution in [0.4, 0.5) is 0 Å². The van der Waals surface area contributed by atoms with E-state index in [9.17, 15) is 9.59 Å². The zero-order valence-electron chi connectivity index (χ0n) is 16.7. The highest BCUT2D eigenvalue weighted by Crippen LogP contribution is 2.32. The van der Waals surface area contributed by atoms with E-state index in [0.29, 0.717) is 29.7 Å². The maximum atomic E-state index is 12.0. The summed E-state index contributed by atoms with van der Waals surface area (Å²) in [5, 5.41) is 13.7. The van der Waals surface area contributed by atoms with Crippen LogP contribution in [-0.2, 0) is 27.4 Å². The fourth-order valence-corrected chi connectivity index (χ4v) is 4.40. The van der Waals surface area contributed by atoms with E-state index in [1.807, 2.05) is 35.1 Å². The predicted octanol–water partition coefficient (Wildman–Crippen LogP) is 2.71. The van der Waals surface area contributed by atoms with Gasteiger partial charge in [0.05, 0.1) is 10.6 Å². The van der Waals surface area contributed by atoms with Crippen LogP contribution in [0.5, 0.6) is 11.5 Å². The van der Waals surface area contributed by atoms with Gasteiger partial charge < -0.3 is 24.1 Å². The molecule has 31 heavy (non-hydrogen) atoms. The summed E-state index contributed by atoms with van der Waals surface area (Å²) in [5.74, 6) is 1.27. The molecule has 1 aliphatic rings. The second-order valence-corrected chi connectivity index (χ2v) is 8.33. The van der Waals surface area contributed by atoms with Gasteiger partial charge in [0, 0.05) is 13.1 Å². The second kappa shape index (κ2) is 9.84. The highest BCUT2D eigenvalue weighted by Gasteiger charge is 2.17. The lowest BCUT2D eigenvalue weighted by Crippen LogP contribution is -2.28. The topological polar surface area (TPSA) is 105 Å². The van der Waals surface area contributed by atoms with E-state index < -0.39 is 5.97 Å². The molecule has 0 spiro atoms. The van der Waals surface area contributed by atoms with Crippen LogP contribution in [-0.4, -0.2) is 45.8 Å². The lowest BCUT2D eigenvalue weighted by Gasteiger charge is -2.08. The summed E-state index contributed by atoms with van der Waals surface area (Å²) < 4.78 is 17.6. The Morgan fingerprint density at radius 2 is 2.13 bits per heavy atom. The van der Waals surface area contributed by atoms with Crippen molar-refractivity contribution in [3.63, 3.8) is 0 Å². The Bertz CT molecular complexity index is 1070. The molecule has 0 radical (unpaired) electrons. The van der Waals surface area contributed by atoms with Gasteiger partial charge in [-0.15, -0.1) is 21.5 Å². The molecule has 3 heterocycles. The third kappa shape index (κ3) is 5.17. The first-order valence-electron chi connectivity index (χ1n) is 9.54. The Morgan fingerprint density at radius 3 is 2.94 bits per heavy atom. The van der Waals surface area contributed by atoms with Crippen molar-refractivity contribution in [1.82, 2.24) is 20.1 Å². The van der Waals surface area contributed by atoms with Crippen molar-refractivity contribution in [3.8, 4) is 22.2 Å². The van der Waals surface area contributed by atoms with Gasteiger partial charge in [-0.25, -0.2) is 0 Å². The fourth-order valence-electron chi connectivity index (χ4n) is 2.88. The largest absolute Gasteiger partial charge is 0.455 e. The number of thiophene rings is 1. The van der Waals surface area contributed by atoms with Crippen LogP contribution >= 0.6 is 23.1 Å². The molecule has 4 rings (SSSR count). The standard InChI is InChI=1S/C20H20N4O5S2/c1-2-24-19(16-4-3-7-30-16)22-23-20(24)31-11-18(26)27-10-17(25)21-9-13-5-6-14-15(8-13)29-12-28-14/h3-8H,2,9-12H2,1H3,(H,21,25). The van der Waals surface area contributed by atoms with Crippen LogP contribution < -0.4 is 14.8 Å². The number of hydrogen-bond acceptors (Lipinski definition) is 9. The molecule has 0 atom stereocenters. The average molecular weight is 461 g/mol. The molecule has 0 saturated carbocycles. The van der Waals surface area contributed by atoms with Crippen molar-refractivity contribution in [2.75, 3.05) is 19.2 Å². The first-order valence-corrected chi connectivity index (χ1v) is 11.4. The van der Waals surface area contributed by atoms with Crippen molar-refractivity contribution in [2.45, 2.75) is 25.2 Å². The first kappa shape index (κ1) is 21.2. The normalized spacial score (nSPS) is 12.0. The second-order valence-electron chi connectivity index (χ2n) is 6.44. The molecule has 3 aromatic rings. The number of esters is 1. The maximum Gasteiger partial charge on any atom is 0.316 e. The minimum atomic E-state index is -0.494. The Hall–Kier alpha value is -3.05. The number of carbonyl (C=O) groups excluding carboxylic acids is 2. The third-order valence-electron chi connectivity index (χ3n) is 4.38. The van der Waals surface area contributed by atoms with Gasteiger partial charge in [0.25, 0.3) is 5.91 Å². The van der Waals surface area contributed by atoms with Gasteiger partial charge in [-0.2, -0.15) is 0 Å². The summed E-state index contributed by atoms with van der Waals surface area (Å²) in [6.07, 6.45) is 0. The van der Waals surface area contributed by atoms with Gasteiger partial charge in [-0.05, 0) is 36.1 Å². The van der Waals surface area contributed by atoms with Gasteiger partial charge in [0.2, 0.25) is 6.79 Å². The fraction of sp³-hybridized carbons (Fsp3) is 0.300. The van der Waals surface area contributed by atoms with Crippen molar-refractivity contribution in [2.24, 2.45) is 0 Å². The Kier molecular flexibility index (Phi) is 6.73. The number of carbonyl (C=O) groups is 2. The number of nitrogens with one attached hydrogen (secondary N) is 1. The lowest BCUT2D eigenvalue weighted by molar-refractivity contribution is -0.145. The molecule has 1 aliphatic heterocycles. The van der Waals surface area contributed by atoms with Crippen molar-refractivity contribution >= 4 is 35.0 Å². The minimum Gasteiger partial charge on any atom is -0.455 e. The molecule has 1 N–H and O–H groups in total. The predicted molar refractivity (Wildman–Crippen MR) is 115 cm³/mol. The number of aromatic nitrogens is 3. The molecular formula is C20H20N4O5S2. The van der Waals surface area contributed by atoms with Crippen LogP contribution in [0, 0.1) is 0 Å². The number of fused-ring (bicyclic) bond motifs is 1. The first-order chi connectivity index (χ1) is 15.1. The lowest BCUT2D eigenvalue weighted by atomic mass is 10.2. The maximum absolute atomic E-state index is 12.0. The number of amides is 1. The summed E-state index contributed by atoms with van der Waals surface area (Å²) in [4.78, 5) is 25.1. The highest BCUT2D eigenvalue weighted by atomic mass is 32.2. The number of ether oxygens (including phenoxy) is 3. The van der Waals surface area contributed by atoms with Crippen LogP contribution in [0.1, 0.15) is 12.5 Å². The van der Waals surface area contributed by atoms with E-state index in [1.54, 1.807) is 23.5 Å². The van der Waals surface area contributed by atoms with Crippen LogP contribution in [0.25, 0.3) is 10.7 Å². The van der Waals surface area contributed by atoms with Gasteiger partial charge >= 0.3 is 5.97 Å². The van der Waals surface area contributed by atoms with Gasteiger partial charge in [-0.1, -0.05) is 23.9 Å².